The van der Waals surface area contributed by atoms with E-state index in [9.17, 15) is 18.4 Å². The highest BCUT2D eigenvalue weighted by Crippen LogP contribution is 2.25. The molecule has 0 aromatic carbocycles. The lowest BCUT2D eigenvalue weighted by atomic mass is 10.4. The number of H-pyrrole nitrogens is 2. The minimum Gasteiger partial charge on any atom is -0.477 e. The maximum atomic E-state index is 12.7. The maximum absolute atomic E-state index is 12.7. The molecule has 0 aliphatic heterocycles. The van der Waals surface area contributed by atoms with Gasteiger partial charge in [-0.2, -0.15) is 8.78 Å². The highest BCUT2D eigenvalue weighted by molar-refractivity contribution is 7.17. The smallest absolute Gasteiger partial charge is 0.354 e. The van der Waals surface area contributed by atoms with Gasteiger partial charge in [0.05, 0.1) is 27.0 Å². The number of hydrogen-bond acceptors (Lipinski definition) is 5. The number of carboxylic acid groups (broad SMARTS) is 1. The summed E-state index contributed by atoms with van der Waals surface area (Å²) in [5.74, 6) is -1.44. The third-order valence-electron chi connectivity index (χ3n) is 3.28. The predicted molar refractivity (Wildman–Crippen MR) is 102 cm³/mol. The van der Waals surface area contributed by atoms with E-state index in [0.717, 1.165) is 27.4 Å². The molecule has 3 N–H and O–H groups in total. The van der Waals surface area contributed by atoms with Crippen LogP contribution in [0.2, 0.25) is 0 Å². The summed E-state index contributed by atoms with van der Waals surface area (Å²) in [7, 11) is 0. The van der Waals surface area contributed by atoms with E-state index >= 15 is 0 Å². The highest BCUT2D eigenvalue weighted by atomic mass is 32.1. The molecule has 0 saturated carbocycles. The van der Waals surface area contributed by atoms with Crippen molar-refractivity contribution in [2.45, 2.75) is 14.4 Å². The molecule has 0 bridgehead atoms. The number of halogens is 2. The number of aromatic carboxylic acids is 1. The first-order chi connectivity index (χ1) is 12.4. The molecule has 0 unspecified atom stereocenters. The minimum atomic E-state index is -1.03. The number of ether oxygens (including phenoxy) is 1. The summed E-state index contributed by atoms with van der Waals surface area (Å²) in [6, 6.07) is 5.67. The van der Waals surface area contributed by atoms with Gasteiger partial charge in [-0.3, -0.25) is 0 Å². The molecule has 4 heterocycles. The number of thiophene rings is 2. The molecular formula is C17H16F2N2O4S2. The minimum absolute atomic E-state index is 0. The van der Waals surface area contributed by atoms with E-state index in [0.29, 0.717) is 28.0 Å². The molecule has 4 aromatic rings. The number of carbonyl (C=O) groups is 2. The van der Waals surface area contributed by atoms with Crippen LogP contribution in [-0.2, 0) is 4.74 Å². The summed E-state index contributed by atoms with van der Waals surface area (Å²) in [5.41, 5.74) is 1.63. The number of carboxylic acids is 1. The van der Waals surface area contributed by atoms with Crippen molar-refractivity contribution in [1.82, 2.24) is 9.97 Å². The van der Waals surface area contributed by atoms with E-state index in [1.54, 1.807) is 13.0 Å². The maximum Gasteiger partial charge on any atom is 0.354 e. The van der Waals surface area contributed by atoms with Gasteiger partial charge < -0.3 is 19.8 Å². The van der Waals surface area contributed by atoms with E-state index in [1.165, 1.54) is 18.2 Å². The van der Waals surface area contributed by atoms with Crippen molar-refractivity contribution in [3.05, 3.63) is 45.9 Å². The molecule has 10 heteroatoms. The molecule has 0 atom stereocenters. The quantitative estimate of drug-likeness (QED) is 0.399. The van der Waals surface area contributed by atoms with Gasteiger partial charge in [-0.15, -0.1) is 22.7 Å². The summed E-state index contributed by atoms with van der Waals surface area (Å²) >= 11 is 1.93. The SMILES string of the molecule is C.CCOC(=O)c1cc2sc(F)cc2[nH]1.O=C(O)c1cc2sc(F)cc2[nH]1. The molecule has 6 nitrogen and oxygen atoms in total. The first-order valence-electron chi connectivity index (χ1n) is 7.34. The Morgan fingerprint density at radius 1 is 1.00 bits per heavy atom. The Hall–Kier alpha value is -2.72. The van der Waals surface area contributed by atoms with Gasteiger partial charge in [-0.05, 0) is 19.1 Å². The molecule has 4 rings (SSSR count). The Balaban J connectivity index is 0.000000189. The monoisotopic (exact) mass is 414 g/mol. The van der Waals surface area contributed by atoms with E-state index in [4.69, 9.17) is 9.84 Å². The fourth-order valence-electron chi connectivity index (χ4n) is 2.22. The number of aromatic amines is 2. The van der Waals surface area contributed by atoms with Crippen molar-refractivity contribution in [3.63, 3.8) is 0 Å². The summed E-state index contributed by atoms with van der Waals surface area (Å²) in [6.07, 6.45) is 0. The van der Waals surface area contributed by atoms with E-state index in [-0.39, 0.29) is 23.4 Å². The second-order valence-electron chi connectivity index (χ2n) is 5.05. The van der Waals surface area contributed by atoms with E-state index in [2.05, 4.69) is 9.97 Å². The molecule has 4 aromatic heterocycles. The molecule has 0 aliphatic rings. The van der Waals surface area contributed by atoms with E-state index < -0.39 is 11.9 Å². The Morgan fingerprint density at radius 2 is 1.48 bits per heavy atom. The van der Waals surface area contributed by atoms with Crippen molar-refractivity contribution >= 4 is 55.0 Å². The van der Waals surface area contributed by atoms with Crippen LogP contribution in [0.1, 0.15) is 35.3 Å². The third-order valence-corrected chi connectivity index (χ3v) is 5.02. The van der Waals surface area contributed by atoms with Crippen LogP contribution < -0.4 is 0 Å². The van der Waals surface area contributed by atoms with Gasteiger partial charge >= 0.3 is 11.9 Å². The second kappa shape index (κ2) is 8.31. The Labute approximate surface area is 160 Å². The average Bonchev–Trinajstić information content (AvgIpc) is 3.26. The van der Waals surface area contributed by atoms with Crippen LogP contribution in [0.4, 0.5) is 8.78 Å². The van der Waals surface area contributed by atoms with Crippen molar-refractivity contribution < 1.29 is 28.2 Å². The van der Waals surface area contributed by atoms with Gasteiger partial charge in [0.2, 0.25) is 0 Å². The lowest BCUT2D eigenvalue weighted by Gasteiger charge is -1.96. The Bertz CT molecular complexity index is 1030. The topological polar surface area (TPSA) is 95.2 Å². The van der Waals surface area contributed by atoms with Crippen molar-refractivity contribution in [1.29, 1.82) is 0 Å². The number of nitrogens with one attached hydrogen (secondary N) is 2. The van der Waals surface area contributed by atoms with Gasteiger partial charge in [0.1, 0.15) is 11.4 Å². The van der Waals surface area contributed by atoms with Crippen LogP contribution in [-0.4, -0.2) is 33.6 Å². The van der Waals surface area contributed by atoms with Crippen molar-refractivity contribution in [2.24, 2.45) is 0 Å². The number of hydrogen-bond donors (Lipinski definition) is 3. The summed E-state index contributed by atoms with van der Waals surface area (Å²) in [6.45, 7) is 2.07. The van der Waals surface area contributed by atoms with Gasteiger partial charge in [0, 0.05) is 12.1 Å². The van der Waals surface area contributed by atoms with Crippen LogP contribution in [0.5, 0.6) is 0 Å². The van der Waals surface area contributed by atoms with Crippen LogP contribution >= 0.6 is 22.7 Å². The van der Waals surface area contributed by atoms with Crippen LogP contribution in [0.25, 0.3) is 20.4 Å². The molecule has 27 heavy (non-hydrogen) atoms. The molecule has 0 radical (unpaired) electrons. The van der Waals surface area contributed by atoms with Crippen molar-refractivity contribution in [2.75, 3.05) is 6.61 Å². The standard InChI is InChI=1S/C9H8FNO2S.C7H4FNO2S.CH4/c1-2-13-9(12)6-3-7-5(11-6)4-8(10)14-7;8-6-2-3-5(12-6)1-4(9-3)7(10)11;/h3-4,11H,2H2,1H3;1-2,9H,(H,10,11);1H4. The van der Waals surface area contributed by atoms with Gasteiger partial charge in [-0.25, -0.2) is 9.59 Å². The lowest BCUT2D eigenvalue weighted by molar-refractivity contribution is 0.0520. The zero-order chi connectivity index (χ0) is 18.8. The molecule has 0 saturated heterocycles. The van der Waals surface area contributed by atoms with Gasteiger partial charge in [0.15, 0.2) is 10.3 Å². The lowest BCUT2D eigenvalue weighted by Crippen LogP contribution is -2.04. The molecule has 0 amide bonds. The summed E-state index contributed by atoms with van der Waals surface area (Å²) < 4.78 is 31.4. The second-order valence-corrected chi connectivity index (χ2v) is 7.12. The fraction of sp³-hybridized carbons (Fsp3) is 0.176. The highest BCUT2D eigenvalue weighted by Gasteiger charge is 2.12. The van der Waals surface area contributed by atoms with Crippen LogP contribution in [0, 0.1) is 10.3 Å². The van der Waals surface area contributed by atoms with Crippen molar-refractivity contribution in [3.8, 4) is 0 Å². The normalized spacial score (nSPS) is 10.3. The molecule has 0 fully saturated rings. The average molecular weight is 414 g/mol. The predicted octanol–water partition coefficient (Wildman–Crippen LogP) is 5.25. The zero-order valence-electron chi connectivity index (χ0n) is 13.3. The summed E-state index contributed by atoms with van der Waals surface area (Å²) in [5, 5.41) is 7.98. The Kier molecular flexibility index (Phi) is 6.34. The number of rotatable bonds is 3. The van der Waals surface area contributed by atoms with Crippen LogP contribution in [0.3, 0.4) is 0 Å². The first-order valence-corrected chi connectivity index (χ1v) is 8.97. The number of aromatic nitrogens is 2. The van der Waals surface area contributed by atoms with Gasteiger partial charge in [0.25, 0.3) is 0 Å². The molecule has 0 spiro atoms. The van der Waals surface area contributed by atoms with E-state index in [1.807, 2.05) is 0 Å². The first kappa shape index (κ1) is 20.6. The molecular weight excluding hydrogens is 398 g/mol. The third kappa shape index (κ3) is 4.52. The molecule has 0 aliphatic carbocycles. The zero-order valence-corrected chi connectivity index (χ0v) is 14.9. The fourth-order valence-corrected chi connectivity index (χ4v) is 3.78. The number of esters is 1. The summed E-state index contributed by atoms with van der Waals surface area (Å²) in [4.78, 5) is 27.1. The number of fused-ring (bicyclic) bond motifs is 2. The largest absolute Gasteiger partial charge is 0.477 e. The van der Waals surface area contributed by atoms with Crippen LogP contribution in [0.15, 0.2) is 24.3 Å². The Morgan fingerprint density at radius 3 is 1.93 bits per heavy atom. The van der Waals surface area contributed by atoms with Gasteiger partial charge in [-0.1, -0.05) is 7.43 Å². The number of carbonyl (C=O) groups excluding carboxylic acids is 1. The molecule has 144 valence electrons.